The van der Waals surface area contributed by atoms with Crippen LogP contribution in [0.5, 0.6) is 0 Å². The first-order chi connectivity index (χ1) is 9.56. The van der Waals surface area contributed by atoms with Gasteiger partial charge in [-0.15, -0.1) is 0 Å². The fraction of sp³-hybridized carbons (Fsp3) is 0.250. The molecule has 0 aliphatic carbocycles. The molecule has 0 amide bonds. The minimum Gasteiger partial charge on any atom is -0.399 e. The normalized spacial score (nSPS) is 12.6. The van der Waals surface area contributed by atoms with Crippen molar-refractivity contribution in [1.82, 2.24) is 4.90 Å². The SMILES string of the molecule is CN(Cc1ccccc1Br)CC(O)c1ccc(N)cc1. The molecule has 0 aliphatic heterocycles. The molecule has 0 bridgehead atoms. The summed E-state index contributed by atoms with van der Waals surface area (Å²) in [6, 6.07) is 15.5. The first kappa shape index (κ1) is 15.0. The van der Waals surface area contributed by atoms with Crippen LogP contribution in [0.2, 0.25) is 0 Å². The van der Waals surface area contributed by atoms with Crippen molar-refractivity contribution in [1.29, 1.82) is 0 Å². The van der Waals surface area contributed by atoms with Crippen LogP contribution in [0.4, 0.5) is 5.69 Å². The van der Waals surface area contributed by atoms with Crippen LogP contribution in [-0.2, 0) is 6.54 Å². The van der Waals surface area contributed by atoms with E-state index in [1.54, 1.807) is 0 Å². The quantitative estimate of drug-likeness (QED) is 0.825. The monoisotopic (exact) mass is 334 g/mol. The number of hydrogen-bond donors (Lipinski definition) is 2. The highest BCUT2D eigenvalue weighted by atomic mass is 79.9. The molecule has 0 spiro atoms. The fourth-order valence-corrected chi connectivity index (χ4v) is 2.51. The van der Waals surface area contributed by atoms with Gasteiger partial charge in [-0.1, -0.05) is 46.3 Å². The lowest BCUT2D eigenvalue weighted by Crippen LogP contribution is -2.24. The zero-order valence-corrected chi connectivity index (χ0v) is 13.0. The Morgan fingerprint density at radius 2 is 1.80 bits per heavy atom. The molecule has 0 radical (unpaired) electrons. The molecule has 3 N–H and O–H groups in total. The lowest BCUT2D eigenvalue weighted by atomic mass is 10.1. The van der Waals surface area contributed by atoms with E-state index in [-0.39, 0.29) is 0 Å². The van der Waals surface area contributed by atoms with Gasteiger partial charge in [0.25, 0.3) is 0 Å². The van der Waals surface area contributed by atoms with Gasteiger partial charge in [-0.2, -0.15) is 0 Å². The Labute approximate surface area is 128 Å². The van der Waals surface area contributed by atoms with Gasteiger partial charge in [-0.3, -0.25) is 4.90 Å². The number of halogens is 1. The number of nitrogens with zero attached hydrogens (tertiary/aromatic N) is 1. The standard InChI is InChI=1S/C16H19BrN2O/c1-19(10-13-4-2-3-5-15(13)17)11-16(20)12-6-8-14(18)9-7-12/h2-9,16,20H,10-11,18H2,1H3. The number of likely N-dealkylation sites (N-methyl/N-ethyl adjacent to an activating group) is 1. The van der Waals surface area contributed by atoms with E-state index in [0.29, 0.717) is 12.2 Å². The molecule has 2 aromatic carbocycles. The first-order valence-electron chi connectivity index (χ1n) is 6.51. The number of aliphatic hydroxyl groups is 1. The molecule has 0 aliphatic rings. The minimum atomic E-state index is -0.511. The molecule has 2 rings (SSSR count). The topological polar surface area (TPSA) is 49.5 Å². The van der Waals surface area contributed by atoms with Gasteiger partial charge in [0.1, 0.15) is 0 Å². The number of benzene rings is 2. The highest BCUT2D eigenvalue weighted by Gasteiger charge is 2.11. The van der Waals surface area contributed by atoms with Gasteiger partial charge in [0.15, 0.2) is 0 Å². The van der Waals surface area contributed by atoms with E-state index in [2.05, 4.69) is 26.9 Å². The zero-order chi connectivity index (χ0) is 14.5. The van der Waals surface area contributed by atoms with E-state index >= 15 is 0 Å². The van der Waals surface area contributed by atoms with E-state index in [4.69, 9.17) is 5.73 Å². The Hall–Kier alpha value is -1.36. The van der Waals surface area contributed by atoms with Gasteiger partial charge in [-0.25, -0.2) is 0 Å². The molecule has 0 aromatic heterocycles. The summed E-state index contributed by atoms with van der Waals surface area (Å²) < 4.78 is 1.09. The molecule has 2 aromatic rings. The average Bonchev–Trinajstić information content (AvgIpc) is 2.42. The molecule has 0 heterocycles. The third kappa shape index (κ3) is 4.07. The van der Waals surface area contributed by atoms with Gasteiger partial charge >= 0.3 is 0 Å². The van der Waals surface area contributed by atoms with Crippen molar-refractivity contribution >= 4 is 21.6 Å². The molecule has 1 atom stereocenters. The Balaban J connectivity index is 1.96. The van der Waals surface area contributed by atoms with Crippen LogP contribution in [-0.4, -0.2) is 23.6 Å². The van der Waals surface area contributed by atoms with Crippen LogP contribution in [0, 0.1) is 0 Å². The van der Waals surface area contributed by atoms with E-state index in [1.807, 2.05) is 49.5 Å². The second-order valence-corrected chi connectivity index (χ2v) is 5.82. The van der Waals surface area contributed by atoms with Crippen LogP contribution in [0.1, 0.15) is 17.2 Å². The molecule has 0 saturated carbocycles. The average molecular weight is 335 g/mol. The van der Waals surface area contributed by atoms with E-state index in [1.165, 1.54) is 5.56 Å². The lowest BCUT2D eigenvalue weighted by molar-refractivity contribution is 0.124. The molecule has 0 saturated heterocycles. The maximum Gasteiger partial charge on any atom is 0.0916 e. The molecule has 3 nitrogen and oxygen atoms in total. The summed E-state index contributed by atoms with van der Waals surface area (Å²) in [7, 11) is 2.00. The van der Waals surface area contributed by atoms with E-state index < -0.39 is 6.10 Å². The van der Waals surface area contributed by atoms with Crippen molar-refractivity contribution in [2.75, 3.05) is 19.3 Å². The highest BCUT2D eigenvalue weighted by molar-refractivity contribution is 9.10. The third-order valence-corrected chi connectivity index (χ3v) is 3.98. The number of nitrogen functional groups attached to an aromatic ring is 1. The smallest absolute Gasteiger partial charge is 0.0916 e. The third-order valence-electron chi connectivity index (χ3n) is 3.20. The Morgan fingerprint density at radius 1 is 1.15 bits per heavy atom. The Kier molecular flexibility index (Phi) is 5.17. The molecule has 20 heavy (non-hydrogen) atoms. The second kappa shape index (κ2) is 6.88. The summed E-state index contributed by atoms with van der Waals surface area (Å²) in [5.41, 5.74) is 8.46. The molecule has 106 valence electrons. The van der Waals surface area contributed by atoms with Crippen molar-refractivity contribution in [3.05, 3.63) is 64.1 Å². The van der Waals surface area contributed by atoms with E-state index in [0.717, 1.165) is 16.6 Å². The van der Waals surface area contributed by atoms with Crippen molar-refractivity contribution in [2.45, 2.75) is 12.6 Å². The summed E-state index contributed by atoms with van der Waals surface area (Å²) >= 11 is 3.54. The first-order valence-corrected chi connectivity index (χ1v) is 7.31. The highest BCUT2D eigenvalue weighted by Crippen LogP contribution is 2.20. The van der Waals surface area contributed by atoms with Gasteiger partial charge in [0.2, 0.25) is 0 Å². The maximum atomic E-state index is 10.2. The molecule has 0 fully saturated rings. The molecule has 4 heteroatoms. The van der Waals surface area contributed by atoms with Crippen molar-refractivity contribution in [2.24, 2.45) is 0 Å². The summed E-state index contributed by atoms with van der Waals surface area (Å²) in [4.78, 5) is 2.10. The number of hydrogen-bond acceptors (Lipinski definition) is 3. The summed E-state index contributed by atoms with van der Waals surface area (Å²) in [6.07, 6.45) is -0.511. The van der Waals surface area contributed by atoms with Gasteiger partial charge < -0.3 is 10.8 Å². The van der Waals surface area contributed by atoms with Crippen LogP contribution in [0.25, 0.3) is 0 Å². The van der Waals surface area contributed by atoms with Crippen LogP contribution in [0.3, 0.4) is 0 Å². The Bertz CT molecular complexity index is 557. The molecular weight excluding hydrogens is 316 g/mol. The van der Waals surface area contributed by atoms with Crippen molar-refractivity contribution < 1.29 is 5.11 Å². The van der Waals surface area contributed by atoms with Crippen LogP contribution >= 0.6 is 15.9 Å². The second-order valence-electron chi connectivity index (χ2n) is 4.97. The van der Waals surface area contributed by atoms with Crippen molar-refractivity contribution in [3.63, 3.8) is 0 Å². The van der Waals surface area contributed by atoms with Crippen LogP contribution < -0.4 is 5.73 Å². The minimum absolute atomic E-state index is 0.511. The lowest BCUT2D eigenvalue weighted by Gasteiger charge is -2.21. The number of aliphatic hydroxyl groups excluding tert-OH is 1. The predicted molar refractivity (Wildman–Crippen MR) is 86.3 cm³/mol. The largest absolute Gasteiger partial charge is 0.399 e. The van der Waals surface area contributed by atoms with Gasteiger partial charge in [0.05, 0.1) is 6.10 Å². The fourth-order valence-electron chi connectivity index (χ4n) is 2.10. The zero-order valence-electron chi connectivity index (χ0n) is 11.5. The van der Waals surface area contributed by atoms with E-state index in [9.17, 15) is 5.11 Å². The van der Waals surface area contributed by atoms with Gasteiger partial charge in [0, 0.05) is 23.2 Å². The van der Waals surface area contributed by atoms with Crippen molar-refractivity contribution in [3.8, 4) is 0 Å². The van der Waals surface area contributed by atoms with Crippen LogP contribution in [0.15, 0.2) is 53.0 Å². The summed E-state index contributed by atoms with van der Waals surface area (Å²) in [5, 5.41) is 10.2. The number of nitrogens with two attached hydrogens (primary N) is 1. The summed E-state index contributed by atoms with van der Waals surface area (Å²) in [6.45, 7) is 1.36. The maximum absolute atomic E-state index is 10.2. The number of rotatable bonds is 5. The van der Waals surface area contributed by atoms with Gasteiger partial charge in [-0.05, 0) is 36.4 Å². The molecule has 1 unspecified atom stereocenters. The Morgan fingerprint density at radius 3 is 2.45 bits per heavy atom. The molecular formula is C16H19BrN2O. The summed E-state index contributed by atoms with van der Waals surface area (Å²) in [5.74, 6) is 0. The number of anilines is 1. The predicted octanol–water partition coefficient (Wildman–Crippen LogP) is 3.20.